The lowest BCUT2D eigenvalue weighted by atomic mass is 9.80. The van der Waals surface area contributed by atoms with E-state index in [2.05, 4.69) is 90.1 Å². The van der Waals surface area contributed by atoms with Crippen LogP contribution in [0.4, 0.5) is 4.39 Å². The van der Waals surface area contributed by atoms with Gasteiger partial charge in [0, 0.05) is 5.56 Å². The summed E-state index contributed by atoms with van der Waals surface area (Å²) in [5.41, 5.74) is 6.28. The topological polar surface area (TPSA) is 23.8 Å². The highest BCUT2D eigenvalue weighted by Gasteiger charge is 2.22. The summed E-state index contributed by atoms with van der Waals surface area (Å²) in [6.07, 6.45) is 0. The number of rotatable bonds is 2. The second-order valence-corrected chi connectivity index (χ2v) is 12.0. The second kappa shape index (κ2) is 8.86. The minimum atomic E-state index is -0.215. The largest absolute Gasteiger partial charge is 0.206 e. The fourth-order valence-electron chi connectivity index (χ4n) is 5.31. The molecule has 0 radical (unpaired) electrons. The Morgan fingerprint density at radius 2 is 1.32 bits per heavy atom. The highest BCUT2D eigenvalue weighted by atomic mass is 19.1. The first-order chi connectivity index (χ1) is 17.5. The summed E-state index contributed by atoms with van der Waals surface area (Å²) in [6, 6.07) is 30.7. The van der Waals surface area contributed by atoms with Gasteiger partial charge >= 0.3 is 0 Å². The number of benzene rings is 5. The fourth-order valence-corrected chi connectivity index (χ4v) is 5.31. The monoisotopic (exact) mass is 485 g/mol. The zero-order chi connectivity index (χ0) is 26.5. The van der Waals surface area contributed by atoms with E-state index in [4.69, 9.17) is 0 Å². The van der Waals surface area contributed by atoms with Gasteiger partial charge in [0.15, 0.2) is 0 Å². The highest BCUT2D eigenvalue weighted by Crippen LogP contribution is 2.39. The van der Waals surface area contributed by atoms with E-state index in [0.717, 1.165) is 54.9 Å². The van der Waals surface area contributed by atoms with Gasteiger partial charge in [0.1, 0.15) is 5.82 Å². The second-order valence-electron chi connectivity index (χ2n) is 12.0. The van der Waals surface area contributed by atoms with Gasteiger partial charge in [0.25, 0.3) is 0 Å². The SMILES string of the molecule is CC(C)(C)c1ccc(F)c(-c2cc(-c3ccc4c(C(C)(C)C)c(C#N)ccc4c3)cc3ccccc23)c1. The zero-order valence-corrected chi connectivity index (χ0v) is 22.4. The molecule has 0 aliphatic rings. The molecule has 0 bridgehead atoms. The third-order valence-electron chi connectivity index (χ3n) is 7.21. The van der Waals surface area contributed by atoms with E-state index >= 15 is 4.39 Å². The van der Waals surface area contributed by atoms with Crippen molar-refractivity contribution in [3.05, 3.63) is 107 Å². The molecule has 0 aliphatic heterocycles. The van der Waals surface area contributed by atoms with Crippen LogP contribution in [0, 0.1) is 17.1 Å². The van der Waals surface area contributed by atoms with E-state index in [9.17, 15) is 5.26 Å². The van der Waals surface area contributed by atoms with Crippen LogP contribution in [0.1, 0.15) is 58.2 Å². The van der Waals surface area contributed by atoms with E-state index in [1.165, 1.54) is 0 Å². The molecule has 0 fully saturated rings. The van der Waals surface area contributed by atoms with E-state index in [1.807, 2.05) is 36.4 Å². The first kappa shape index (κ1) is 24.7. The highest BCUT2D eigenvalue weighted by molar-refractivity contribution is 6.01. The Morgan fingerprint density at radius 1 is 0.622 bits per heavy atom. The minimum absolute atomic E-state index is 0.0821. The molecule has 0 N–H and O–H groups in total. The number of fused-ring (bicyclic) bond motifs is 2. The van der Waals surface area contributed by atoms with Crippen LogP contribution in [0.15, 0.2) is 84.9 Å². The van der Waals surface area contributed by atoms with Crippen LogP contribution < -0.4 is 0 Å². The molecule has 0 heterocycles. The van der Waals surface area contributed by atoms with Crippen LogP contribution >= 0.6 is 0 Å². The van der Waals surface area contributed by atoms with Crippen LogP contribution in [0.2, 0.25) is 0 Å². The number of hydrogen-bond acceptors (Lipinski definition) is 1. The molecular weight excluding hydrogens is 453 g/mol. The molecule has 5 rings (SSSR count). The third kappa shape index (κ3) is 4.51. The molecule has 0 saturated heterocycles. The van der Waals surface area contributed by atoms with E-state index in [0.29, 0.717) is 5.56 Å². The summed E-state index contributed by atoms with van der Waals surface area (Å²) in [6.45, 7) is 12.9. The quantitative estimate of drug-likeness (QED) is 0.244. The van der Waals surface area contributed by atoms with Gasteiger partial charge in [0.2, 0.25) is 0 Å². The van der Waals surface area contributed by atoms with E-state index in [-0.39, 0.29) is 16.6 Å². The average molecular weight is 486 g/mol. The summed E-state index contributed by atoms with van der Waals surface area (Å²) < 4.78 is 15.3. The summed E-state index contributed by atoms with van der Waals surface area (Å²) in [5, 5.41) is 14.0. The molecule has 0 saturated carbocycles. The lowest BCUT2D eigenvalue weighted by molar-refractivity contribution is 0.584. The summed E-state index contributed by atoms with van der Waals surface area (Å²) in [4.78, 5) is 0. The maximum absolute atomic E-state index is 15.3. The Labute approximate surface area is 219 Å². The fraction of sp³-hybridized carbons (Fsp3) is 0.229. The Bertz CT molecular complexity index is 1700. The van der Waals surface area contributed by atoms with Gasteiger partial charge in [-0.2, -0.15) is 5.26 Å². The Morgan fingerprint density at radius 3 is 2.03 bits per heavy atom. The molecule has 0 unspecified atom stereocenters. The van der Waals surface area contributed by atoms with E-state index in [1.54, 1.807) is 6.07 Å². The van der Waals surface area contributed by atoms with Crippen LogP contribution in [-0.4, -0.2) is 0 Å². The van der Waals surface area contributed by atoms with Crippen molar-refractivity contribution >= 4 is 21.5 Å². The molecule has 0 aliphatic carbocycles. The number of hydrogen-bond donors (Lipinski definition) is 0. The summed E-state index contributed by atoms with van der Waals surface area (Å²) in [5.74, 6) is -0.215. The van der Waals surface area contributed by atoms with Crippen molar-refractivity contribution in [1.82, 2.24) is 0 Å². The maximum Gasteiger partial charge on any atom is 0.131 e. The van der Waals surface area contributed by atoms with Crippen molar-refractivity contribution in [2.45, 2.75) is 52.4 Å². The van der Waals surface area contributed by atoms with Crippen LogP contribution in [0.3, 0.4) is 0 Å². The minimum Gasteiger partial charge on any atom is -0.206 e. The first-order valence-electron chi connectivity index (χ1n) is 12.8. The zero-order valence-electron chi connectivity index (χ0n) is 22.4. The van der Waals surface area contributed by atoms with Gasteiger partial charge < -0.3 is 0 Å². The molecule has 37 heavy (non-hydrogen) atoms. The van der Waals surface area contributed by atoms with Crippen molar-refractivity contribution in [2.75, 3.05) is 0 Å². The Hall–Kier alpha value is -3.96. The van der Waals surface area contributed by atoms with Crippen LogP contribution in [-0.2, 0) is 10.8 Å². The van der Waals surface area contributed by atoms with Crippen molar-refractivity contribution in [3.8, 4) is 28.3 Å². The molecule has 0 atom stereocenters. The van der Waals surface area contributed by atoms with Gasteiger partial charge in [-0.1, -0.05) is 90.1 Å². The van der Waals surface area contributed by atoms with Gasteiger partial charge in [-0.25, -0.2) is 4.39 Å². The van der Waals surface area contributed by atoms with Crippen molar-refractivity contribution in [1.29, 1.82) is 5.26 Å². The van der Waals surface area contributed by atoms with Gasteiger partial charge in [-0.05, 0) is 96.6 Å². The first-order valence-corrected chi connectivity index (χ1v) is 12.8. The van der Waals surface area contributed by atoms with Crippen LogP contribution in [0.5, 0.6) is 0 Å². The predicted octanol–water partition coefficient (Wildman–Crippen LogP) is 9.93. The predicted molar refractivity (Wildman–Crippen MR) is 154 cm³/mol. The van der Waals surface area contributed by atoms with Gasteiger partial charge in [-0.3, -0.25) is 0 Å². The van der Waals surface area contributed by atoms with Crippen molar-refractivity contribution in [3.63, 3.8) is 0 Å². The molecule has 0 spiro atoms. The maximum atomic E-state index is 15.3. The molecular formula is C35H32FN. The Kier molecular flexibility index (Phi) is 5.92. The molecule has 0 amide bonds. The molecule has 184 valence electrons. The average Bonchev–Trinajstić information content (AvgIpc) is 2.86. The lowest BCUT2D eigenvalue weighted by Gasteiger charge is -2.23. The lowest BCUT2D eigenvalue weighted by Crippen LogP contribution is -2.14. The number of nitrogens with zero attached hydrogens (tertiary/aromatic N) is 1. The van der Waals surface area contributed by atoms with E-state index < -0.39 is 0 Å². The summed E-state index contributed by atoms with van der Waals surface area (Å²) in [7, 11) is 0. The summed E-state index contributed by atoms with van der Waals surface area (Å²) >= 11 is 0. The normalized spacial score (nSPS) is 12.2. The molecule has 5 aromatic carbocycles. The molecule has 5 aromatic rings. The van der Waals surface area contributed by atoms with Gasteiger partial charge in [-0.15, -0.1) is 0 Å². The molecule has 0 aromatic heterocycles. The number of nitriles is 1. The number of halogens is 1. The third-order valence-corrected chi connectivity index (χ3v) is 7.21. The smallest absolute Gasteiger partial charge is 0.131 e. The van der Waals surface area contributed by atoms with Crippen molar-refractivity contribution in [2.24, 2.45) is 0 Å². The molecule has 2 heteroatoms. The Balaban J connectivity index is 1.75. The van der Waals surface area contributed by atoms with Gasteiger partial charge in [0.05, 0.1) is 11.6 Å². The van der Waals surface area contributed by atoms with Crippen LogP contribution in [0.25, 0.3) is 43.8 Å². The van der Waals surface area contributed by atoms with Crippen molar-refractivity contribution < 1.29 is 4.39 Å². The standard InChI is InChI=1S/C35H32FN/c1-34(2,3)27-14-16-32(36)31(20-27)30-19-26(18-23-9-7-8-10-28(23)30)22-13-15-29-24(17-22)11-12-25(21-37)33(29)35(4,5)6/h7-20H,1-6H3. The molecule has 1 nitrogen and oxygen atoms in total.